The minimum absolute atomic E-state index is 0.475. The first-order valence-electron chi connectivity index (χ1n) is 8.73. The van der Waals surface area contributed by atoms with Crippen molar-refractivity contribution in [1.82, 2.24) is 19.9 Å². The van der Waals surface area contributed by atoms with Crippen LogP contribution in [0.2, 0.25) is 0 Å². The van der Waals surface area contributed by atoms with E-state index in [4.69, 9.17) is 9.47 Å². The Morgan fingerprint density at radius 1 is 1.31 bits per heavy atom. The third-order valence-corrected chi connectivity index (χ3v) is 4.34. The quantitative estimate of drug-likeness (QED) is 0.780. The lowest BCUT2D eigenvalue weighted by molar-refractivity contribution is 0.236. The first-order valence-corrected chi connectivity index (χ1v) is 8.73. The summed E-state index contributed by atoms with van der Waals surface area (Å²) in [4.78, 5) is 15.4. The van der Waals surface area contributed by atoms with Crippen molar-refractivity contribution < 1.29 is 9.47 Å². The summed E-state index contributed by atoms with van der Waals surface area (Å²) in [6.07, 6.45) is 2.83. The molecular formula is C18H26N6O2. The van der Waals surface area contributed by atoms with Crippen LogP contribution in [0.15, 0.2) is 18.3 Å². The Hall–Kier alpha value is -2.61. The molecule has 140 valence electrons. The topological polar surface area (TPSA) is 84.4 Å². The van der Waals surface area contributed by atoms with E-state index in [1.54, 1.807) is 13.3 Å². The van der Waals surface area contributed by atoms with E-state index in [1.165, 1.54) is 0 Å². The molecular weight excluding hydrogens is 332 g/mol. The molecule has 1 aliphatic heterocycles. The van der Waals surface area contributed by atoms with Gasteiger partial charge in [0.15, 0.2) is 5.75 Å². The number of rotatable bonds is 7. The molecule has 1 fully saturated rings. The molecule has 0 aromatic carbocycles. The maximum atomic E-state index is 6.00. The molecule has 2 aromatic heterocycles. The number of ether oxygens (including phenoxy) is 2. The Balaban J connectivity index is 1.73. The summed E-state index contributed by atoms with van der Waals surface area (Å²) in [5, 5.41) is 6.20. The number of hydrogen-bond acceptors (Lipinski definition) is 8. The summed E-state index contributed by atoms with van der Waals surface area (Å²) in [5.74, 6) is 2.88. The fourth-order valence-corrected chi connectivity index (χ4v) is 3.01. The molecule has 0 saturated carbocycles. The van der Waals surface area contributed by atoms with Crippen molar-refractivity contribution in [2.45, 2.75) is 13.3 Å². The van der Waals surface area contributed by atoms with E-state index in [2.05, 4.69) is 37.5 Å². The van der Waals surface area contributed by atoms with Crippen molar-refractivity contribution in [1.29, 1.82) is 0 Å². The zero-order chi connectivity index (χ0) is 18.5. The van der Waals surface area contributed by atoms with E-state index in [1.807, 2.05) is 26.1 Å². The van der Waals surface area contributed by atoms with E-state index in [-0.39, 0.29) is 0 Å². The van der Waals surface area contributed by atoms with Crippen molar-refractivity contribution in [3.63, 3.8) is 0 Å². The number of methoxy groups -OCH3 is 1. The third kappa shape index (κ3) is 4.51. The van der Waals surface area contributed by atoms with Crippen LogP contribution in [0.3, 0.4) is 0 Å². The summed E-state index contributed by atoms with van der Waals surface area (Å²) in [6, 6.07) is 3.75. The van der Waals surface area contributed by atoms with Crippen molar-refractivity contribution >= 4 is 17.5 Å². The first kappa shape index (κ1) is 18.2. The van der Waals surface area contributed by atoms with Crippen LogP contribution in [-0.4, -0.2) is 60.8 Å². The standard InChI is InChI=1S/C18H26N6O2/c1-12-7-16(19-2)23-18(21-12)22-14-8-15(17(25-4)20-9-14)26-11-13-5-6-24(3)10-13/h7-9,13H,5-6,10-11H2,1-4H3,(H2,19,21,22,23). The second-order valence-electron chi connectivity index (χ2n) is 6.55. The smallest absolute Gasteiger partial charge is 0.256 e. The van der Waals surface area contributed by atoms with Crippen LogP contribution >= 0.6 is 0 Å². The summed E-state index contributed by atoms with van der Waals surface area (Å²) in [7, 11) is 5.55. The van der Waals surface area contributed by atoms with Crippen molar-refractivity contribution in [3.8, 4) is 11.6 Å². The van der Waals surface area contributed by atoms with Crippen molar-refractivity contribution in [3.05, 3.63) is 24.0 Å². The number of nitrogens with zero attached hydrogens (tertiary/aromatic N) is 4. The van der Waals surface area contributed by atoms with E-state index in [9.17, 15) is 0 Å². The third-order valence-electron chi connectivity index (χ3n) is 4.34. The fraction of sp³-hybridized carbons (Fsp3) is 0.500. The summed E-state index contributed by atoms with van der Waals surface area (Å²) in [6.45, 7) is 4.74. The zero-order valence-corrected chi connectivity index (χ0v) is 15.7. The number of aromatic nitrogens is 3. The number of nitrogens with one attached hydrogen (secondary N) is 2. The molecule has 2 aromatic rings. The predicted octanol–water partition coefficient (Wildman–Crippen LogP) is 2.30. The van der Waals surface area contributed by atoms with E-state index in [0.717, 1.165) is 36.7 Å². The maximum absolute atomic E-state index is 6.00. The number of anilines is 3. The second kappa shape index (κ2) is 8.18. The molecule has 8 heteroatoms. The molecule has 1 saturated heterocycles. The molecule has 0 spiro atoms. The average molecular weight is 358 g/mol. The summed E-state index contributed by atoms with van der Waals surface area (Å²) in [5.41, 5.74) is 1.62. The van der Waals surface area contributed by atoms with Gasteiger partial charge in [0.1, 0.15) is 5.82 Å². The number of likely N-dealkylation sites (tertiary alicyclic amines) is 1. The highest BCUT2D eigenvalue weighted by atomic mass is 16.5. The molecule has 2 N–H and O–H groups in total. The highest BCUT2D eigenvalue weighted by molar-refractivity contribution is 5.58. The van der Waals surface area contributed by atoms with Gasteiger partial charge in [-0.2, -0.15) is 4.98 Å². The minimum Gasteiger partial charge on any atom is -0.488 e. The van der Waals surface area contributed by atoms with Gasteiger partial charge < -0.3 is 25.0 Å². The van der Waals surface area contributed by atoms with Crippen molar-refractivity contribution in [2.75, 3.05) is 51.5 Å². The fourth-order valence-electron chi connectivity index (χ4n) is 3.01. The molecule has 0 radical (unpaired) electrons. The molecule has 3 rings (SSSR count). The molecule has 1 aliphatic rings. The van der Waals surface area contributed by atoms with Crippen LogP contribution in [0.4, 0.5) is 17.5 Å². The summed E-state index contributed by atoms with van der Waals surface area (Å²) >= 11 is 0. The Morgan fingerprint density at radius 3 is 2.85 bits per heavy atom. The van der Waals surface area contributed by atoms with Crippen LogP contribution in [0, 0.1) is 12.8 Å². The molecule has 8 nitrogen and oxygen atoms in total. The van der Waals surface area contributed by atoms with E-state index >= 15 is 0 Å². The molecule has 1 unspecified atom stereocenters. The van der Waals surface area contributed by atoms with Gasteiger partial charge in [-0.15, -0.1) is 0 Å². The molecule has 0 amide bonds. The van der Waals surface area contributed by atoms with Gasteiger partial charge in [-0.3, -0.25) is 0 Å². The van der Waals surface area contributed by atoms with Gasteiger partial charge in [-0.05, 0) is 26.9 Å². The summed E-state index contributed by atoms with van der Waals surface area (Å²) < 4.78 is 11.3. The van der Waals surface area contributed by atoms with Crippen LogP contribution in [0.1, 0.15) is 12.1 Å². The number of aryl methyl sites for hydroxylation is 1. The van der Waals surface area contributed by atoms with Gasteiger partial charge >= 0.3 is 0 Å². The van der Waals surface area contributed by atoms with Crippen LogP contribution in [0.25, 0.3) is 0 Å². The minimum atomic E-state index is 0.475. The lowest BCUT2D eigenvalue weighted by Gasteiger charge is -2.15. The van der Waals surface area contributed by atoms with Gasteiger partial charge in [0, 0.05) is 37.3 Å². The zero-order valence-electron chi connectivity index (χ0n) is 15.7. The molecule has 3 heterocycles. The van der Waals surface area contributed by atoms with Gasteiger partial charge in [-0.1, -0.05) is 0 Å². The van der Waals surface area contributed by atoms with Gasteiger partial charge in [0.2, 0.25) is 5.95 Å². The number of pyridine rings is 1. The monoisotopic (exact) mass is 358 g/mol. The molecule has 1 atom stereocenters. The van der Waals surface area contributed by atoms with Crippen LogP contribution in [-0.2, 0) is 0 Å². The Labute approximate surface area is 154 Å². The van der Waals surface area contributed by atoms with Gasteiger partial charge in [0.05, 0.1) is 25.6 Å². The number of hydrogen-bond donors (Lipinski definition) is 2. The lowest BCUT2D eigenvalue weighted by Crippen LogP contribution is -2.18. The van der Waals surface area contributed by atoms with Crippen LogP contribution < -0.4 is 20.1 Å². The first-order chi connectivity index (χ1) is 12.6. The molecule has 0 aliphatic carbocycles. The second-order valence-corrected chi connectivity index (χ2v) is 6.55. The normalized spacial score (nSPS) is 17.2. The Bertz CT molecular complexity index is 754. The molecule has 26 heavy (non-hydrogen) atoms. The van der Waals surface area contributed by atoms with E-state index < -0.39 is 0 Å². The average Bonchev–Trinajstić information content (AvgIpc) is 3.05. The SMILES string of the molecule is CNc1cc(C)nc(Nc2cnc(OC)c(OCC3CCN(C)C3)c2)n1. The Kier molecular flexibility index (Phi) is 5.72. The lowest BCUT2D eigenvalue weighted by atomic mass is 10.1. The maximum Gasteiger partial charge on any atom is 0.256 e. The Morgan fingerprint density at radius 2 is 2.15 bits per heavy atom. The van der Waals surface area contributed by atoms with E-state index in [0.29, 0.717) is 30.1 Å². The van der Waals surface area contributed by atoms with Gasteiger partial charge in [-0.25, -0.2) is 9.97 Å². The predicted molar refractivity (Wildman–Crippen MR) is 101 cm³/mol. The highest BCUT2D eigenvalue weighted by Crippen LogP contribution is 2.29. The van der Waals surface area contributed by atoms with Crippen molar-refractivity contribution in [2.24, 2.45) is 5.92 Å². The largest absolute Gasteiger partial charge is 0.488 e. The van der Waals surface area contributed by atoms with Gasteiger partial charge in [0.25, 0.3) is 5.88 Å². The van der Waals surface area contributed by atoms with Crippen LogP contribution in [0.5, 0.6) is 11.6 Å². The highest BCUT2D eigenvalue weighted by Gasteiger charge is 2.21. The molecule has 0 bridgehead atoms.